The van der Waals surface area contributed by atoms with E-state index in [1.165, 1.54) is 16.8 Å². The van der Waals surface area contributed by atoms with Gasteiger partial charge in [-0.3, -0.25) is 18.7 Å². The van der Waals surface area contributed by atoms with E-state index in [1.807, 2.05) is 30.3 Å². The third kappa shape index (κ3) is 4.82. The summed E-state index contributed by atoms with van der Waals surface area (Å²) in [7, 11) is 0. The van der Waals surface area contributed by atoms with E-state index in [4.69, 9.17) is 6.42 Å². The minimum absolute atomic E-state index is 0.322. The van der Waals surface area contributed by atoms with Crippen LogP contribution < -0.4 is 16.6 Å². The summed E-state index contributed by atoms with van der Waals surface area (Å²) < 4.78 is 2.33. The van der Waals surface area contributed by atoms with Gasteiger partial charge in [0.1, 0.15) is 6.54 Å². The minimum Gasteiger partial charge on any atom is -0.354 e. The molecule has 0 spiro atoms. The van der Waals surface area contributed by atoms with Crippen LogP contribution in [0, 0.1) is 12.3 Å². The predicted molar refractivity (Wildman–Crippen MR) is 104 cm³/mol. The largest absolute Gasteiger partial charge is 0.354 e. The summed E-state index contributed by atoms with van der Waals surface area (Å²) >= 11 is 0. The molecule has 2 aromatic rings. The highest BCUT2D eigenvalue weighted by molar-refractivity contribution is 5.75. The van der Waals surface area contributed by atoms with Crippen molar-refractivity contribution in [1.29, 1.82) is 0 Å². The summed E-state index contributed by atoms with van der Waals surface area (Å²) in [6, 6.07) is 10.7. The Labute approximate surface area is 161 Å². The second-order valence-corrected chi connectivity index (χ2v) is 6.62. The molecule has 3 rings (SSSR count). The summed E-state index contributed by atoms with van der Waals surface area (Å²) in [5, 5.41) is 10.7. The Kier molecular flexibility index (Phi) is 5.84. The first-order valence-corrected chi connectivity index (χ1v) is 9.01. The molecule has 1 amide bonds. The Morgan fingerprint density at radius 1 is 1.14 bits per heavy atom. The fourth-order valence-corrected chi connectivity index (χ4v) is 2.87. The third-order valence-corrected chi connectivity index (χ3v) is 4.54. The van der Waals surface area contributed by atoms with E-state index in [0.717, 1.165) is 10.1 Å². The Morgan fingerprint density at radius 2 is 1.89 bits per heavy atom. The normalized spacial score (nSPS) is 13.7. The lowest BCUT2D eigenvalue weighted by molar-refractivity contribution is -0.121. The van der Waals surface area contributed by atoms with Crippen LogP contribution in [-0.4, -0.2) is 27.2 Å². The molecule has 1 aliphatic rings. The molecule has 0 fully saturated rings. The molecule has 0 aliphatic carbocycles. The zero-order valence-corrected chi connectivity index (χ0v) is 15.4. The molecule has 0 saturated heterocycles. The van der Waals surface area contributed by atoms with Crippen molar-refractivity contribution in [3.63, 3.8) is 0 Å². The number of nitrogens with one attached hydrogen (secondary N) is 1. The lowest BCUT2D eigenvalue weighted by Crippen LogP contribution is -2.43. The zero-order valence-electron chi connectivity index (χ0n) is 15.4. The lowest BCUT2D eigenvalue weighted by Gasteiger charge is -2.12. The molecule has 0 bridgehead atoms. The van der Waals surface area contributed by atoms with E-state index in [0.29, 0.717) is 32.4 Å². The fourth-order valence-electron chi connectivity index (χ4n) is 2.87. The second kappa shape index (κ2) is 8.48. The molecule has 8 heteroatoms. The number of hydrogen-bond donors (Lipinski definition) is 1. The van der Waals surface area contributed by atoms with E-state index < -0.39 is 22.8 Å². The summed E-state index contributed by atoms with van der Waals surface area (Å²) in [6.45, 7) is 0.331. The van der Waals surface area contributed by atoms with E-state index in [1.54, 1.807) is 0 Å². The van der Waals surface area contributed by atoms with Crippen molar-refractivity contribution < 1.29 is 4.79 Å². The van der Waals surface area contributed by atoms with Crippen molar-refractivity contribution in [2.24, 2.45) is 10.2 Å². The number of nitrogens with zero attached hydrogens (tertiary/aromatic N) is 4. The number of benzene rings is 1. The molecule has 144 valence electrons. The summed E-state index contributed by atoms with van der Waals surface area (Å²) in [5.41, 5.74) is -0.592. The molecule has 8 nitrogen and oxygen atoms in total. The fraction of sp³-hybridized carbons (Fsp3) is 0.350. The van der Waals surface area contributed by atoms with Crippen molar-refractivity contribution in [3.05, 3.63) is 69.0 Å². The molecule has 0 saturated carbocycles. The molecular formula is C20H21N5O3. The van der Waals surface area contributed by atoms with Gasteiger partial charge in [0.2, 0.25) is 5.91 Å². The van der Waals surface area contributed by atoms with Crippen LogP contribution in [0.5, 0.6) is 0 Å². The summed E-state index contributed by atoms with van der Waals surface area (Å²) in [5.74, 6) is 2.14. The van der Waals surface area contributed by atoms with Crippen LogP contribution in [0.3, 0.4) is 0 Å². The van der Waals surface area contributed by atoms with Crippen molar-refractivity contribution in [2.45, 2.75) is 38.0 Å². The standard InChI is InChI=1S/C20H21N5O3/c1-2-3-10-20(22-23-20)11-12-21-17(26)15-25-18(27)9-13-24(19(25)28)14-16-7-5-4-6-8-16/h1,4-9,13H,3,10-12,14-15H2,(H,21,26). The lowest BCUT2D eigenvalue weighted by atomic mass is 10.0. The molecule has 1 aromatic heterocycles. The van der Waals surface area contributed by atoms with Gasteiger partial charge >= 0.3 is 5.69 Å². The monoisotopic (exact) mass is 379 g/mol. The number of hydrogen-bond acceptors (Lipinski definition) is 5. The maximum atomic E-state index is 12.6. The minimum atomic E-state index is -0.524. The van der Waals surface area contributed by atoms with Crippen LogP contribution in [0.1, 0.15) is 24.8 Å². The first-order chi connectivity index (χ1) is 13.5. The van der Waals surface area contributed by atoms with E-state index >= 15 is 0 Å². The van der Waals surface area contributed by atoms with Gasteiger partial charge in [0.25, 0.3) is 5.56 Å². The van der Waals surface area contributed by atoms with Crippen LogP contribution in [0.15, 0.2) is 62.4 Å². The van der Waals surface area contributed by atoms with Gasteiger partial charge in [-0.25, -0.2) is 4.79 Å². The van der Waals surface area contributed by atoms with Gasteiger partial charge in [-0.05, 0) is 5.56 Å². The first-order valence-electron chi connectivity index (χ1n) is 9.01. The molecule has 1 N–H and O–H groups in total. The maximum absolute atomic E-state index is 12.6. The van der Waals surface area contributed by atoms with Crippen molar-refractivity contribution in [1.82, 2.24) is 14.5 Å². The zero-order chi connectivity index (χ0) is 20.0. The van der Waals surface area contributed by atoms with Gasteiger partial charge < -0.3 is 5.32 Å². The number of aromatic nitrogens is 2. The number of carbonyl (C=O) groups excluding carboxylic acids is 1. The third-order valence-electron chi connectivity index (χ3n) is 4.54. The average molecular weight is 379 g/mol. The van der Waals surface area contributed by atoms with Gasteiger partial charge in [-0.1, -0.05) is 30.3 Å². The Morgan fingerprint density at radius 3 is 2.57 bits per heavy atom. The van der Waals surface area contributed by atoms with Crippen molar-refractivity contribution in [2.75, 3.05) is 6.54 Å². The Bertz CT molecular complexity index is 1020. The first kappa shape index (κ1) is 19.3. The molecule has 28 heavy (non-hydrogen) atoms. The van der Waals surface area contributed by atoms with Crippen LogP contribution in [0.25, 0.3) is 0 Å². The number of rotatable bonds is 9. The number of carbonyl (C=O) groups is 1. The highest BCUT2D eigenvalue weighted by Gasteiger charge is 2.38. The van der Waals surface area contributed by atoms with Crippen LogP contribution in [0.2, 0.25) is 0 Å². The average Bonchev–Trinajstić information content (AvgIpc) is 3.46. The van der Waals surface area contributed by atoms with Gasteiger partial charge in [0.05, 0.1) is 6.54 Å². The van der Waals surface area contributed by atoms with Crippen molar-refractivity contribution >= 4 is 5.91 Å². The predicted octanol–water partition coefficient (Wildman–Crippen LogP) is 1.14. The quantitative estimate of drug-likeness (QED) is 0.662. The number of terminal acetylenes is 1. The molecule has 1 aliphatic heterocycles. The van der Waals surface area contributed by atoms with E-state index in [-0.39, 0.29) is 6.54 Å². The highest BCUT2D eigenvalue weighted by atomic mass is 16.2. The SMILES string of the molecule is C#CCCC1(CCNC(=O)Cn2c(=O)ccn(Cc3ccccc3)c2=O)N=N1. The molecular weight excluding hydrogens is 358 g/mol. The Hall–Kier alpha value is -3.47. The molecule has 1 aromatic carbocycles. The topological polar surface area (TPSA) is 97.8 Å². The van der Waals surface area contributed by atoms with Crippen molar-refractivity contribution in [3.8, 4) is 12.3 Å². The summed E-state index contributed by atoms with van der Waals surface area (Å²) in [4.78, 5) is 36.8. The molecule has 2 heterocycles. The maximum Gasteiger partial charge on any atom is 0.331 e. The highest BCUT2D eigenvalue weighted by Crippen LogP contribution is 2.35. The van der Waals surface area contributed by atoms with Crippen LogP contribution in [-0.2, 0) is 17.9 Å². The molecule has 0 atom stereocenters. The van der Waals surface area contributed by atoms with Gasteiger partial charge in [-0.2, -0.15) is 10.2 Å². The molecule has 0 radical (unpaired) electrons. The van der Waals surface area contributed by atoms with Gasteiger partial charge in [0, 0.05) is 38.1 Å². The van der Waals surface area contributed by atoms with Crippen LogP contribution >= 0.6 is 0 Å². The van der Waals surface area contributed by atoms with Crippen LogP contribution in [0.4, 0.5) is 0 Å². The van der Waals surface area contributed by atoms with Gasteiger partial charge in [0.15, 0.2) is 5.66 Å². The van der Waals surface area contributed by atoms with E-state index in [2.05, 4.69) is 21.5 Å². The number of amides is 1. The van der Waals surface area contributed by atoms with Gasteiger partial charge in [-0.15, -0.1) is 12.3 Å². The molecule has 0 unspecified atom stereocenters. The smallest absolute Gasteiger partial charge is 0.331 e. The second-order valence-electron chi connectivity index (χ2n) is 6.62. The van der Waals surface area contributed by atoms with E-state index in [9.17, 15) is 14.4 Å². The summed E-state index contributed by atoms with van der Waals surface area (Å²) in [6.07, 6.45) is 8.46. The Balaban J connectivity index is 1.60.